The van der Waals surface area contributed by atoms with Crippen molar-refractivity contribution in [3.63, 3.8) is 0 Å². The summed E-state index contributed by atoms with van der Waals surface area (Å²) in [5.41, 5.74) is 2.47. The van der Waals surface area contributed by atoms with Gasteiger partial charge < -0.3 is 5.11 Å². The van der Waals surface area contributed by atoms with Gasteiger partial charge in [0.1, 0.15) is 0 Å². The van der Waals surface area contributed by atoms with Crippen molar-refractivity contribution >= 4 is 11.5 Å². The number of rotatable bonds is 4. The summed E-state index contributed by atoms with van der Waals surface area (Å²) < 4.78 is 0. The van der Waals surface area contributed by atoms with Crippen LogP contribution in [0.4, 0.5) is 0 Å². The van der Waals surface area contributed by atoms with E-state index >= 15 is 0 Å². The van der Waals surface area contributed by atoms with Crippen LogP contribution in [0.1, 0.15) is 32.3 Å². The highest BCUT2D eigenvalue weighted by Crippen LogP contribution is 2.23. The molecule has 0 bridgehead atoms. The molecule has 1 rings (SSSR count). The molecule has 0 unspecified atom stereocenters. The summed E-state index contributed by atoms with van der Waals surface area (Å²) in [5.74, 6) is -0.807. The van der Waals surface area contributed by atoms with Crippen LogP contribution in [-0.2, 0) is 4.79 Å². The van der Waals surface area contributed by atoms with Gasteiger partial charge in [0.15, 0.2) is 0 Å². The predicted octanol–water partition coefficient (Wildman–Crippen LogP) is 3.34. The Morgan fingerprint density at radius 2 is 1.73 bits per heavy atom. The van der Waals surface area contributed by atoms with Crippen molar-refractivity contribution < 1.29 is 9.90 Å². The molecule has 0 spiro atoms. The van der Waals surface area contributed by atoms with E-state index < -0.39 is 5.97 Å². The monoisotopic (exact) mass is 204 g/mol. The second-order valence-corrected chi connectivity index (χ2v) is 3.34. The summed E-state index contributed by atoms with van der Waals surface area (Å²) in [6.07, 6.45) is 1.31. The number of carboxylic acid groups (broad SMARTS) is 1. The number of benzene rings is 1. The summed E-state index contributed by atoms with van der Waals surface area (Å²) in [6.45, 7) is 3.86. The molecule has 0 saturated carbocycles. The molecule has 0 saturated heterocycles. The Kier molecular flexibility index (Phi) is 4.10. The third-order valence-electron chi connectivity index (χ3n) is 2.45. The smallest absolute Gasteiger partial charge is 0.331 e. The SMILES string of the molecule is CCC(C(=O)O)=C(CC)c1ccccc1. The van der Waals surface area contributed by atoms with Gasteiger partial charge >= 0.3 is 5.97 Å². The molecule has 0 aliphatic heterocycles. The van der Waals surface area contributed by atoms with Crippen molar-refractivity contribution in [3.05, 3.63) is 41.5 Å². The van der Waals surface area contributed by atoms with E-state index in [0.717, 1.165) is 17.6 Å². The molecule has 0 aliphatic rings. The Hall–Kier alpha value is -1.57. The fraction of sp³-hybridized carbons (Fsp3) is 0.308. The number of hydrogen-bond acceptors (Lipinski definition) is 1. The number of allylic oxidation sites excluding steroid dienone is 1. The first-order valence-electron chi connectivity index (χ1n) is 5.21. The van der Waals surface area contributed by atoms with Crippen LogP contribution in [0.3, 0.4) is 0 Å². The van der Waals surface area contributed by atoms with Crippen LogP contribution >= 0.6 is 0 Å². The molecule has 0 radical (unpaired) electrons. The van der Waals surface area contributed by atoms with Gasteiger partial charge in [-0.05, 0) is 24.0 Å². The fourth-order valence-electron chi connectivity index (χ4n) is 1.72. The Morgan fingerprint density at radius 1 is 1.13 bits per heavy atom. The van der Waals surface area contributed by atoms with Gasteiger partial charge in [-0.3, -0.25) is 0 Å². The first kappa shape index (κ1) is 11.5. The van der Waals surface area contributed by atoms with E-state index in [2.05, 4.69) is 0 Å². The Bertz CT molecular complexity index is 363. The number of carbonyl (C=O) groups is 1. The van der Waals surface area contributed by atoms with E-state index in [4.69, 9.17) is 5.11 Å². The van der Waals surface area contributed by atoms with E-state index in [1.54, 1.807) is 0 Å². The zero-order chi connectivity index (χ0) is 11.3. The van der Waals surface area contributed by atoms with Crippen LogP contribution in [0.15, 0.2) is 35.9 Å². The van der Waals surface area contributed by atoms with E-state index in [1.807, 2.05) is 44.2 Å². The first-order chi connectivity index (χ1) is 7.20. The van der Waals surface area contributed by atoms with Crippen molar-refractivity contribution in [3.8, 4) is 0 Å². The summed E-state index contributed by atoms with van der Waals surface area (Å²) in [5, 5.41) is 9.08. The summed E-state index contributed by atoms with van der Waals surface area (Å²) in [7, 11) is 0. The van der Waals surface area contributed by atoms with Gasteiger partial charge in [0.2, 0.25) is 0 Å². The molecular weight excluding hydrogens is 188 g/mol. The first-order valence-corrected chi connectivity index (χ1v) is 5.21. The fourth-order valence-corrected chi connectivity index (χ4v) is 1.72. The van der Waals surface area contributed by atoms with Gasteiger partial charge in [-0.15, -0.1) is 0 Å². The summed E-state index contributed by atoms with van der Waals surface area (Å²) >= 11 is 0. The Labute approximate surface area is 90.3 Å². The molecule has 2 nitrogen and oxygen atoms in total. The lowest BCUT2D eigenvalue weighted by Gasteiger charge is -2.09. The van der Waals surface area contributed by atoms with Gasteiger partial charge in [0, 0.05) is 5.57 Å². The van der Waals surface area contributed by atoms with E-state index in [9.17, 15) is 4.79 Å². The molecule has 0 aromatic heterocycles. The summed E-state index contributed by atoms with van der Waals surface area (Å²) in [6, 6.07) is 9.71. The van der Waals surface area contributed by atoms with Crippen molar-refractivity contribution in [2.75, 3.05) is 0 Å². The average molecular weight is 204 g/mol. The van der Waals surface area contributed by atoms with Gasteiger partial charge in [0.05, 0.1) is 0 Å². The lowest BCUT2D eigenvalue weighted by atomic mass is 9.96. The van der Waals surface area contributed by atoms with Crippen LogP contribution in [0.5, 0.6) is 0 Å². The lowest BCUT2D eigenvalue weighted by Crippen LogP contribution is -2.03. The summed E-state index contributed by atoms with van der Waals surface area (Å²) in [4.78, 5) is 11.0. The highest BCUT2D eigenvalue weighted by molar-refractivity contribution is 5.96. The number of hydrogen-bond donors (Lipinski definition) is 1. The van der Waals surface area contributed by atoms with Gasteiger partial charge in [-0.1, -0.05) is 44.2 Å². The van der Waals surface area contributed by atoms with Crippen LogP contribution in [0.2, 0.25) is 0 Å². The molecule has 1 aromatic rings. The lowest BCUT2D eigenvalue weighted by molar-refractivity contribution is -0.132. The minimum Gasteiger partial charge on any atom is -0.478 e. The van der Waals surface area contributed by atoms with E-state index in [0.29, 0.717) is 12.0 Å². The maximum atomic E-state index is 11.0. The van der Waals surface area contributed by atoms with E-state index in [-0.39, 0.29) is 0 Å². The molecule has 0 heterocycles. The quantitative estimate of drug-likeness (QED) is 0.764. The highest BCUT2D eigenvalue weighted by atomic mass is 16.4. The Balaban J connectivity index is 3.23. The largest absolute Gasteiger partial charge is 0.478 e. The van der Waals surface area contributed by atoms with Crippen molar-refractivity contribution in [1.82, 2.24) is 0 Å². The molecule has 0 aliphatic carbocycles. The maximum absolute atomic E-state index is 11.0. The zero-order valence-corrected chi connectivity index (χ0v) is 9.16. The van der Waals surface area contributed by atoms with Gasteiger partial charge in [-0.25, -0.2) is 4.79 Å². The topological polar surface area (TPSA) is 37.3 Å². The molecule has 15 heavy (non-hydrogen) atoms. The van der Waals surface area contributed by atoms with Crippen LogP contribution < -0.4 is 0 Å². The Morgan fingerprint density at radius 3 is 2.13 bits per heavy atom. The van der Waals surface area contributed by atoms with Gasteiger partial charge in [-0.2, -0.15) is 0 Å². The molecule has 80 valence electrons. The van der Waals surface area contributed by atoms with E-state index in [1.165, 1.54) is 0 Å². The average Bonchev–Trinajstić information content (AvgIpc) is 2.26. The maximum Gasteiger partial charge on any atom is 0.331 e. The standard InChI is InChI=1S/C13H16O2/c1-3-11(12(4-2)13(14)15)10-8-6-5-7-9-10/h5-9H,3-4H2,1-2H3,(H,14,15). The zero-order valence-electron chi connectivity index (χ0n) is 9.16. The third-order valence-corrected chi connectivity index (χ3v) is 2.45. The van der Waals surface area contributed by atoms with Crippen LogP contribution in [-0.4, -0.2) is 11.1 Å². The van der Waals surface area contributed by atoms with Crippen molar-refractivity contribution in [2.24, 2.45) is 0 Å². The molecule has 2 heteroatoms. The van der Waals surface area contributed by atoms with Crippen LogP contribution in [0, 0.1) is 0 Å². The second kappa shape index (κ2) is 5.35. The second-order valence-electron chi connectivity index (χ2n) is 3.34. The highest BCUT2D eigenvalue weighted by Gasteiger charge is 2.12. The van der Waals surface area contributed by atoms with Crippen LogP contribution in [0.25, 0.3) is 5.57 Å². The minimum absolute atomic E-state index is 0.517. The number of carboxylic acids is 1. The molecule has 0 fully saturated rings. The molecule has 1 aromatic carbocycles. The van der Waals surface area contributed by atoms with Crippen molar-refractivity contribution in [2.45, 2.75) is 26.7 Å². The third kappa shape index (κ3) is 2.69. The predicted molar refractivity (Wildman–Crippen MR) is 61.6 cm³/mol. The molecule has 1 N–H and O–H groups in total. The van der Waals surface area contributed by atoms with Crippen molar-refractivity contribution in [1.29, 1.82) is 0 Å². The molecular formula is C13H16O2. The minimum atomic E-state index is -0.807. The normalized spacial score (nSPS) is 12.1. The molecule has 0 amide bonds. The molecule has 0 atom stereocenters. The van der Waals surface area contributed by atoms with Gasteiger partial charge in [0.25, 0.3) is 0 Å². The number of aliphatic carboxylic acids is 1.